The van der Waals surface area contributed by atoms with Crippen molar-refractivity contribution in [1.29, 1.82) is 0 Å². The van der Waals surface area contributed by atoms with E-state index in [1.54, 1.807) is 0 Å². The number of hydrogen-bond donors (Lipinski definition) is 2. The standard InChI is InChI=1S/C12H13ClN2O4/c13-10-5-9(15(18)19)2-1-8(10)6-12(11(16)17)3-4-14-7-12/h1-2,5,14H,3-4,6-7H2,(H,16,17). The Bertz CT molecular complexity index is 526. The van der Waals surface area contributed by atoms with E-state index in [1.807, 2.05) is 0 Å². The van der Waals surface area contributed by atoms with E-state index in [-0.39, 0.29) is 17.1 Å². The van der Waals surface area contributed by atoms with Gasteiger partial charge in [-0.2, -0.15) is 0 Å². The van der Waals surface area contributed by atoms with E-state index in [0.717, 1.165) is 0 Å². The van der Waals surface area contributed by atoms with E-state index in [2.05, 4.69) is 5.32 Å². The largest absolute Gasteiger partial charge is 0.481 e. The maximum Gasteiger partial charge on any atom is 0.311 e. The monoisotopic (exact) mass is 284 g/mol. The lowest BCUT2D eigenvalue weighted by atomic mass is 9.81. The molecule has 1 aliphatic heterocycles. The maximum absolute atomic E-state index is 11.4. The minimum absolute atomic E-state index is 0.0947. The normalized spacial score (nSPS) is 22.4. The van der Waals surface area contributed by atoms with Crippen molar-refractivity contribution in [3.05, 3.63) is 38.9 Å². The van der Waals surface area contributed by atoms with Crippen molar-refractivity contribution >= 4 is 23.3 Å². The molecule has 1 heterocycles. The van der Waals surface area contributed by atoms with Crippen LogP contribution in [0.2, 0.25) is 5.02 Å². The van der Waals surface area contributed by atoms with Crippen LogP contribution in [0.1, 0.15) is 12.0 Å². The molecule has 7 heteroatoms. The average molecular weight is 285 g/mol. The Labute approximate surface area is 114 Å². The number of halogens is 1. The van der Waals surface area contributed by atoms with Gasteiger partial charge in [0.15, 0.2) is 0 Å². The van der Waals surface area contributed by atoms with Crippen molar-refractivity contribution in [2.24, 2.45) is 5.41 Å². The smallest absolute Gasteiger partial charge is 0.311 e. The molecule has 0 aromatic heterocycles. The fraction of sp³-hybridized carbons (Fsp3) is 0.417. The molecule has 1 aliphatic rings. The lowest BCUT2D eigenvalue weighted by Gasteiger charge is -2.23. The van der Waals surface area contributed by atoms with Crippen molar-refractivity contribution in [3.8, 4) is 0 Å². The molecule has 1 saturated heterocycles. The number of aliphatic carboxylic acids is 1. The average Bonchev–Trinajstić information content (AvgIpc) is 2.81. The molecule has 1 unspecified atom stereocenters. The molecule has 1 aromatic rings. The van der Waals surface area contributed by atoms with E-state index in [1.165, 1.54) is 18.2 Å². The summed E-state index contributed by atoms with van der Waals surface area (Å²) >= 11 is 6.00. The summed E-state index contributed by atoms with van der Waals surface area (Å²) in [5.41, 5.74) is -0.346. The van der Waals surface area contributed by atoms with Gasteiger partial charge in [0.05, 0.1) is 15.4 Å². The molecule has 0 bridgehead atoms. The predicted molar refractivity (Wildman–Crippen MR) is 69.4 cm³/mol. The molecule has 1 aromatic carbocycles. The van der Waals surface area contributed by atoms with Crippen LogP contribution in [0.5, 0.6) is 0 Å². The SMILES string of the molecule is O=C(O)C1(Cc2ccc([N+](=O)[O-])cc2Cl)CCNC1. The van der Waals surface area contributed by atoms with Gasteiger partial charge in [0.25, 0.3) is 5.69 Å². The van der Waals surface area contributed by atoms with Crippen LogP contribution in [-0.4, -0.2) is 29.1 Å². The Morgan fingerprint density at radius 1 is 1.58 bits per heavy atom. The van der Waals surface area contributed by atoms with Crippen molar-refractivity contribution in [3.63, 3.8) is 0 Å². The second-order valence-electron chi connectivity index (χ2n) is 4.72. The quantitative estimate of drug-likeness (QED) is 0.650. The molecule has 0 spiro atoms. The number of hydrogen-bond acceptors (Lipinski definition) is 4. The maximum atomic E-state index is 11.4. The molecule has 2 N–H and O–H groups in total. The predicted octanol–water partition coefficient (Wildman–Crippen LogP) is 1.85. The number of carboxylic acids is 1. The van der Waals surface area contributed by atoms with Crippen LogP contribution in [0.3, 0.4) is 0 Å². The highest BCUT2D eigenvalue weighted by atomic mass is 35.5. The summed E-state index contributed by atoms with van der Waals surface area (Å²) < 4.78 is 0. The Balaban J connectivity index is 2.28. The number of nitro groups is 1. The molecule has 0 saturated carbocycles. The van der Waals surface area contributed by atoms with Crippen molar-refractivity contribution in [1.82, 2.24) is 5.32 Å². The molecule has 102 valence electrons. The second kappa shape index (κ2) is 5.14. The fourth-order valence-corrected chi connectivity index (χ4v) is 2.55. The van der Waals surface area contributed by atoms with Crippen LogP contribution in [0.4, 0.5) is 5.69 Å². The van der Waals surface area contributed by atoms with Gasteiger partial charge in [0.2, 0.25) is 0 Å². The van der Waals surface area contributed by atoms with E-state index in [0.29, 0.717) is 25.1 Å². The summed E-state index contributed by atoms with van der Waals surface area (Å²) in [6, 6.07) is 4.14. The van der Waals surface area contributed by atoms with Gasteiger partial charge in [-0.1, -0.05) is 17.7 Å². The zero-order chi connectivity index (χ0) is 14.0. The first-order valence-corrected chi connectivity index (χ1v) is 6.19. The molecule has 0 radical (unpaired) electrons. The zero-order valence-corrected chi connectivity index (χ0v) is 10.8. The number of rotatable bonds is 4. The molecule has 1 fully saturated rings. The number of nitro benzene ring substituents is 1. The summed E-state index contributed by atoms with van der Waals surface area (Å²) in [7, 11) is 0. The summed E-state index contributed by atoms with van der Waals surface area (Å²) in [4.78, 5) is 21.5. The van der Waals surface area contributed by atoms with Gasteiger partial charge < -0.3 is 10.4 Å². The molecule has 0 amide bonds. The number of nitrogens with zero attached hydrogens (tertiary/aromatic N) is 1. The molecular weight excluding hydrogens is 272 g/mol. The Kier molecular flexibility index (Phi) is 3.73. The van der Waals surface area contributed by atoms with Gasteiger partial charge in [0, 0.05) is 18.7 Å². The second-order valence-corrected chi connectivity index (χ2v) is 5.13. The first kappa shape index (κ1) is 13.8. The first-order valence-electron chi connectivity index (χ1n) is 5.81. The topological polar surface area (TPSA) is 92.5 Å². The number of carbonyl (C=O) groups is 1. The van der Waals surface area contributed by atoms with Crippen LogP contribution in [0, 0.1) is 15.5 Å². The van der Waals surface area contributed by atoms with Gasteiger partial charge in [0.1, 0.15) is 0 Å². The summed E-state index contributed by atoms with van der Waals surface area (Å²) in [5, 5.41) is 23.3. The lowest BCUT2D eigenvalue weighted by Crippen LogP contribution is -2.35. The van der Waals surface area contributed by atoms with Crippen LogP contribution in [0.15, 0.2) is 18.2 Å². The van der Waals surface area contributed by atoms with E-state index < -0.39 is 16.3 Å². The molecule has 2 rings (SSSR count). The van der Waals surface area contributed by atoms with Gasteiger partial charge >= 0.3 is 5.97 Å². The third-order valence-electron chi connectivity index (χ3n) is 3.47. The summed E-state index contributed by atoms with van der Waals surface area (Å²) in [5.74, 6) is -0.869. The van der Waals surface area contributed by atoms with Gasteiger partial charge in [-0.25, -0.2) is 0 Å². The van der Waals surface area contributed by atoms with E-state index in [4.69, 9.17) is 11.6 Å². The van der Waals surface area contributed by atoms with E-state index in [9.17, 15) is 20.0 Å². The van der Waals surface area contributed by atoms with Gasteiger partial charge in [-0.15, -0.1) is 0 Å². The molecule has 6 nitrogen and oxygen atoms in total. The number of benzene rings is 1. The van der Waals surface area contributed by atoms with Crippen molar-refractivity contribution in [2.75, 3.05) is 13.1 Å². The Morgan fingerprint density at radius 2 is 2.32 bits per heavy atom. The molecule has 1 atom stereocenters. The number of non-ortho nitro benzene ring substituents is 1. The number of carboxylic acid groups (broad SMARTS) is 1. The highest BCUT2D eigenvalue weighted by molar-refractivity contribution is 6.31. The summed E-state index contributed by atoms with van der Waals surface area (Å²) in [6.07, 6.45) is 0.793. The summed E-state index contributed by atoms with van der Waals surface area (Å²) in [6.45, 7) is 1.03. The third kappa shape index (κ3) is 2.69. The first-order chi connectivity index (χ1) is 8.94. The number of nitrogens with one attached hydrogen (secondary N) is 1. The lowest BCUT2D eigenvalue weighted by molar-refractivity contribution is -0.384. The Hall–Kier alpha value is -1.66. The highest BCUT2D eigenvalue weighted by Gasteiger charge is 2.41. The molecule has 19 heavy (non-hydrogen) atoms. The zero-order valence-electron chi connectivity index (χ0n) is 10.1. The third-order valence-corrected chi connectivity index (χ3v) is 3.83. The van der Waals surface area contributed by atoms with Crippen LogP contribution in [0.25, 0.3) is 0 Å². The molecule has 0 aliphatic carbocycles. The fourth-order valence-electron chi connectivity index (χ4n) is 2.31. The minimum atomic E-state index is -0.875. The highest BCUT2D eigenvalue weighted by Crippen LogP contribution is 2.34. The molecular formula is C12H13ClN2O4. The van der Waals surface area contributed by atoms with Crippen LogP contribution < -0.4 is 5.32 Å². The van der Waals surface area contributed by atoms with Gasteiger partial charge in [-0.05, 0) is 24.9 Å². The van der Waals surface area contributed by atoms with Crippen LogP contribution in [-0.2, 0) is 11.2 Å². The van der Waals surface area contributed by atoms with Crippen molar-refractivity contribution in [2.45, 2.75) is 12.8 Å². The van der Waals surface area contributed by atoms with Crippen molar-refractivity contribution < 1.29 is 14.8 Å². The minimum Gasteiger partial charge on any atom is -0.481 e. The Morgan fingerprint density at radius 3 is 2.79 bits per heavy atom. The van der Waals surface area contributed by atoms with Gasteiger partial charge in [-0.3, -0.25) is 14.9 Å². The van der Waals surface area contributed by atoms with E-state index >= 15 is 0 Å². The van der Waals surface area contributed by atoms with Crippen LogP contribution >= 0.6 is 11.6 Å².